The van der Waals surface area contributed by atoms with Gasteiger partial charge >= 0.3 is 6.03 Å². The summed E-state index contributed by atoms with van der Waals surface area (Å²) in [4.78, 5) is 16.2. The summed E-state index contributed by atoms with van der Waals surface area (Å²) in [5.41, 5.74) is 2.09. The minimum atomic E-state index is -0.193. The molecule has 6 heteroatoms. The van der Waals surface area contributed by atoms with Gasteiger partial charge in [-0.25, -0.2) is 9.48 Å². The van der Waals surface area contributed by atoms with Crippen molar-refractivity contribution in [2.24, 2.45) is 5.92 Å². The van der Waals surface area contributed by atoms with Crippen LogP contribution in [0.25, 0.3) is 0 Å². The number of rotatable bonds is 6. The predicted molar refractivity (Wildman–Crippen MR) is 89.4 cm³/mol. The number of amides is 2. The average Bonchev–Trinajstić information content (AvgIpc) is 3.34. The number of carbonyl (C=O) groups is 1. The minimum Gasteiger partial charge on any atom is -0.337 e. The van der Waals surface area contributed by atoms with Gasteiger partial charge in [0.25, 0.3) is 0 Å². The molecular weight excluding hydrogens is 290 g/mol. The van der Waals surface area contributed by atoms with E-state index in [1.54, 1.807) is 6.20 Å². The summed E-state index contributed by atoms with van der Waals surface area (Å²) in [6, 6.07) is 4.04. The van der Waals surface area contributed by atoms with E-state index in [0.29, 0.717) is 18.5 Å². The van der Waals surface area contributed by atoms with E-state index in [9.17, 15) is 4.79 Å². The second kappa shape index (κ2) is 6.81. The van der Waals surface area contributed by atoms with E-state index in [1.807, 2.05) is 36.1 Å². The molecule has 0 aliphatic heterocycles. The van der Waals surface area contributed by atoms with Gasteiger partial charge < -0.3 is 5.32 Å². The lowest BCUT2D eigenvalue weighted by Crippen LogP contribution is -2.32. The molecule has 2 amide bonds. The van der Waals surface area contributed by atoms with Gasteiger partial charge in [-0.3, -0.25) is 10.3 Å². The fourth-order valence-corrected chi connectivity index (χ4v) is 2.71. The molecule has 1 unspecified atom stereocenters. The lowest BCUT2D eigenvalue weighted by Gasteiger charge is -2.16. The van der Waals surface area contributed by atoms with Gasteiger partial charge in [0.1, 0.15) is 5.82 Å². The molecule has 1 saturated carbocycles. The molecule has 1 fully saturated rings. The van der Waals surface area contributed by atoms with Gasteiger partial charge in [0, 0.05) is 24.5 Å². The number of aryl methyl sites for hydroxylation is 1. The Balaban J connectivity index is 1.54. The maximum atomic E-state index is 12.1. The normalized spacial score (nSPS) is 15.2. The topological polar surface area (TPSA) is 71.8 Å². The quantitative estimate of drug-likeness (QED) is 0.861. The molecule has 1 aliphatic carbocycles. The second-order valence-corrected chi connectivity index (χ2v) is 6.19. The van der Waals surface area contributed by atoms with E-state index >= 15 is 0 Å². The lowest BCUT2D eigenvalue weighted by atomic mass is 10.2. The fourth-order valence-electron chi connectivity index (χ4n) is 2.71. The molecule has 0 bridgehead atoms. The van der Waals surface area contributed by atoms with Crippen LogP contribution >= 0.6 is 0 Å². The number of pyridine rings is 1. The van der Waals surface area contributed by atoms with Crippen molar-refractivity contribution in [3.05, 3.63) is 41.9 Å². The number of hydrogen-bond donors (Lipinski definition) is 2. The Kier molecular flexibility index (Phi) is 4.60. The molecule has 0 radical (unpaired) electrons. The van der Waals surface area contributed by atoms with Crippen molar-refractivity contribution in [3.63, 3.8) is 0 Å². The maximum absolute atomic E-state index is 12.1. The number of urea groups is 1. The van der Waals surface area contributed by atoms with Crippen molar-refractivity contribution in [3.8, 4) is 0 Å². The van der Waals surface area contributed by atoms with Crippen molar-refractivity contribution >= 4 is 11.8 Å². The summed E-state index contributed by atoms with van der Waals surface area (Å²) in [6.45, 7) is 4.70. The van der Waals surface area contributed by atoms with E-state index in [0.717, 1.165) is 23.4 Å². The van der Waals surface area contributed by atoms with Gasteiger partial charge in [-0.15, -0.1) is 0 Å². The van der Waals surface area contributed by atoms with Crippen LogP contribution in [0.5, 0.6) is 0 Å². The standard InChI is InChI=1S/C17H23N5O/c1-12-10-20-22(13(2)15-5-6-15)16(12)21-17(23)19-9-7-14-4-3-8-18-11-14/h3-4,8,10-11,13,15H,5-7,9H2,1-2H3,(H2,19,21,23). The summed E-state index contributed by atoms with van der Waals surface area (Å²) >= 11 is 0. The highest BCUT2D eigenvalue weighted by Gasteiger charge is 2.31. The highest BCUT2D eigenvalue weighted by atomic mass is 16.2. The van der Waals surface area contributed by atoms with Crippen LogP contribution in [0.2, 0.25) is 0 Å². The molecule has 0 spiro atoms. The number of nitrogens with zero attached hydrogens (tertiary/aromatic N) is 3. The fraction of sp³-hybridized carbons (Fsp3) is 0.471. The zero-order chi connectivity index (χ0) is 16.2. The van der Waals surface area contributed by atoms with Crippen LogP contribution in [0.1, 0.15) is 36.9 Å². The van der Waals surface area contributed by atoms with Crippen LogP contribution in [0.4, 0.5) is 10.6 Å². The average molecular weight is 313 g/mol. The number of hydrogen-bond acceptors (Lipinski definition) is 3. The molecule has 122 valence electrons. The van der Waals surface area contributed by atoms with Crippen LogP contribution in [-0.2, 0) is 6.42 Å². The van der Waals surface area contributed by atoms with E-state index < -0.39 is 0 Å². The second-order valence-electron chi connectivity index (χ2n) is 6.19. The van der Waals surface area contributed by atoms with E-state index in [-0.39, 0.29) is 6.03 Å². The van der Waals surface area contributed by atoms with Gasteiger partial charge in [-0.2, -0.15) is 5.10 Å². The number of aromatic nitrogens is 3. The zero-order valence-corrected chi connectivity index (χ0v) is 13.6. The van der Waals surface area contributed by atoms with Gasteiger partial charge in [-0.05, 0) is 50.7 Å². The van der Waals surface area contributed by atoms with E-state index in [4.69, 9.17) is 0 Å². The van der Waals surface area contributed by atoms with Crippen molar-refractivity contribution in [2.75, 3.05) is 11.9 Å². The zero-order valence-electron chi connectivity index (χ0n) is 13.6. The number of anilines is 1. The molecule has 3 rings (SSSR count). The Labute approximate surface area is 136 Å². The first-order chi connectivity index (χ1) is 11.1. The first-order valence-corrected chi connectivity index (χ1v) is 8.13. The van der Waals surface area contributed by atoms with Crippen LogP contribution in [0.15, 0.2) is 30.7 Å². The van der Waals surface area contributed by atoms with Gasteiger partial charge in [-0.1, -0.05) is 6.07 Å². The largest absolute Gasteiger partial charge is 0.337 e. The Morgan fingerprint density at radius 2 is 2.26 bits per heavy atom. The molecule has 2 aromatic heterocycles. The molecule has 2 heterocycles. The Morgan fingerprint density at radius 3 is 2.96 bits per heavy atom. The third-order valence-electron chi connectivity index (χ3n) is 4.32. The molecule has 23 heavy (non-hydrogen) atoms. The molecule has 0 saturated heterocycles. The highest BCUT2D eigenvalue weighted by Crippen LogP contribution is 2.40. The van der Waals surface area contributed by atoms with Crippen LogP contribution < -0.4 is 10.6 Å². The number of carbonyl (C=O) groups excluding carboxylic acids is 1. The Bertz CT molecular complexity index is 663. The van der Waals surface area contributed by atoms with Crippen LogP contribution in [0, 0.1) is 12.8 Å². The lowest BCUT2D eigenvalue weighted by molar-refractivity contribution is 0.252. The summed E-state index contributed by atoms with van der Waals surface area (Å²) in [5, 5.41) is 10.3. The third kappa shape index (κ3) is 3.88. The summed E-state index contributed by atoms with van der Waals surface area (Å²) in [5.74, 6) is 1.48. The molecule has 2 N–H and O–H groups in total. The van der Waals surface area contributed by atoms with Crippen molar-refractivity contribution < 1.29 is 4.79 Å². The molecule has 0 aromatic carbocycles. The first-order valence-electron chi connectivity index (χ1n) is 8.13. The van der Waals surface area contributed by atoms with Crippen LogP contribution in [-0.4, -0.2) is 27.3 Å². The maximum Gasteiger partial charge on any atom is 0.320 e. The summed E-state index contributed by atoms with van der Waals surface area (Å²) in [6.07, 6.45) is 8.63. The molecular formula is C17H23N5O. The summed E-state index contributed by atoms with van der Waals surface area (Å²) < 4.78 is 1.94. The first kappa shape index (κ1) is 15.5. The summed E-state index contributed by atoms with van der Waals surface area (Å²) in [7, 11) is 0. The van der Waals surface area contributed by atoms with Gasteiger partial charge in [0.15, 0.2) is 0 Å². The molecule has 1 atom stereocenters. The van der Waals surface area contributed by atoms with Crippen molar-refractivity contribution in [1.82, 2.24) is 20.1 Å². The van der Waals surface area contributed by atoms with Gasteiger partial charge in [0.05, 0.1) is 12.2 Å². The third-order valence-corrected chi connectivity index (χ3v) is 4.32. The van der Waals surface area contributed by atoms with Crippen molar-refractivity contribution in [1.29, 1.82) is 0 Å². The minimum absolute atomic E-state index is 0.193. The van der Waals surface area contributed by atoms with Crippen LogP contribution in [0.3, 0.4) is 0 Å². The highest BCUT2D eigenvalue weighted by molar-refractivity contribution is 5.89. The Morgan fingerprint density at radius 1 is 1.43 bits per heavy atom. The molecule has 1 aliphatic rings. The Hall–Kier alpha value is -2.37. The van der Waals surface area contributed by atoms with E-state index in [2.05, 4.69) is 27.6 Å². The monoisotopic (exact) mass is 313 g/mol. The predicted octanol–water partition coefficient (Wildman–Crippen LogP) is 2.92. The molecule has 6 nitrogen and oxygen atoms in total. The number of nitrogens with one attached hydrogen (secondary N) is 2. The van der Waals surface area contributed by atoms with E-state index in [1.165, 1.54) is 12.8 Å². The van der Waals surface area contributed by atoms with Gasteiger partial charge in [0.2, 0.25) is 0 Å². The molecule has 2 aromatic rings. The van der Waals surface area contributed by atoms with Crippen molar-refractivity contribution in [2.45, 2.75) is 39.2 Å². The SMILES string of the molecule is Cc1cnn(C(C)C2CC2)c1NC(=O)NCCc1cccnc1. The smallest absolute Gasteiger partial charge is 0.320 e.